The van der Waals surface area contributed by atoms with Gasteiger partial charge in [0.15, 0.2) is 5.78 Å². The Morgan fingerprint density at radius 2 is 2.56 bits per heavy atom. The maximum absolute atomic E-state index is 10.8. The van der Waals surface area contributed by atoms with E-state index in [1.165, 1.54) is 0 Å². The second kappa shape index (κ2) is 1.47. The zero-order valence-electron chi connectivity index (χ0n) is 4.83. The first-order valence-corrected chi connectivity index (χ1v) is 2.92. The number of ketones is 1. The molecule has 0 spiro atoms. The molecule has 0 aromatic carbocycles. The van der Waals surface area contributed by atoms with Gasteiger partial charge in [-0.05, 0) is 6.08 Å². The molecule has 0 amide bonds. The quantitative estimate of drug-likeness (QED) is 0.471. The van der Waals surface area contributed by atoms with Crippen LogP contribution in [0.1, 0.15) is 0 Å². The highest BCUT2D eigenvalue weighted by atomic mass is 16.5. The molecule has 1 unspecified atom stereocenters. The lowest BCUT2D eigenvalue weighted by atomic mass is 10.1. The van der Waals surface area contributed by atoms with E-state index in [0.29, 0.717) is 0 Å². The third-order valence-electron chi connectivity index (χ3n) is 1.60. The number of Topliss-reactive ketones (excluding diaryl/α,β-unsaturated/α-hetero) is 1. The van der Waals surface area contributed by atoms with Crippen LogP contribution in [0.4, 0.5) is 0 Å². The first-order valence-electron chi connectivity index (χ1n) is 2.92. The maximum Gasteiger partial charge on any atom is 0.184 e. The normalized spacial score (nSPS) is 30.0. The Kier molecular flexibility index (Phi) is 0.781. The molecule has 46 valence electrons. The topological polar surface area (TPSA) is 26.3 Å². The molecular formula is C7H6O2. The highest BCUT2D eigenvalue weighted by Gasteiger charge is 2.30. The van der Waals surface area contributed by atoms with E-state index in [-0.39, 0.29) is 18.3 Å². The van der Waals surface area contributed by atoms with Crippen LogP contribution in [0.15, 0.2) is 24.0 Å². The summed E-state index contributed by atoms with van der Waals surface area (Å²) in [6, 6.07) is 0. The molecule has 0 bridgehead atoms. The molecule has 1 heterocycles. The first kappa shape index (κ1) is 4.79. The van der Waals surface area contributed by atoms with Gasteiger partial charge in [0.2, 0.25) is 0 Å². The van der Waals surface area contributed by atoms with E-state index in [0.717, 1.165) is 5.76 Å². The summed E-state index contributed by atoms with van der Waals surface area (Å²) in [6.07, 6.45) is 5.57. The van der Waals surface area contributed by atoms with Gasteiger partial charge in [-0.15, -0.1) is 0 Å². The summed E-state index contributed by atoms with van der Waals surface area (Å²) in [4.78, 5) is 10.8. The summed E-state index contributed by atoms with van der Waals surface area (Å²) >= 11 is 0. The van der Waals surface area contributed by atoms with Crippen molar-refractivity contribution in [2.75, 3.05) is 6.61 Å². The lowest BCUT2D eigenvalue weighted by Gasteiger charge is -1.93. The fourth-order valence-electron chi connectivity index (χ4n) is 1.11. The largest absolute Gasteiger partial charge is 0.489 e. The molecule has 2 heteroatoms. The van der Waals surface area contributed by atoms with Gasteiger partial charge in [0.1, 0.15) is 12.4 Å². The average molecular weight is 122 g/mol. The minimum Gasteiger partial charge on any atom is -0.489 e. The second-order valence-corrected chi connectivity index (χ2v) is 2.19. The number of fused-ring (bicyclic) bond motifs is 1. The van der Waals surface area contributed by atoms with Crippen molar-refractivity contribution in [2.45, 2.75) is 0 Å². The molecule has 0 aromatic rings. The molecule has 0 N–H and O–H groups in total. The van der Waals surface area contributed by atoms with Crippen molar-refractivity contribution in [3.8, 4) is 0 Å². The second-order valence-electron chi connectivity index (χ2n) is 2.19. The predicted molar refractivity (Wildman–Crippen MR) is 31.7 cm³/mol. The summed E-state index contributed by atoms with van der Waals surface area (Å²) in [5.41, 5.74) is 0. The van der Waals surface area contributed by atoms with Gasteiger partial charge in [-0.25, -0.2) is 0 Å². The number of hydrogen-bond acceptors (Lipinski definition) is 2. The molecule has 1 atom stereocenters. The summed E-state index contributed by atoms with van der Waals surface area (Å²) < 4.78 is 5.04. The van der Waals surface area contributed by atoms with Crippen molar-refractivity contribution < 1.29 is 9.53 Å². The van der Waals surface area contributed by atoms with Crippen LogP contribution in [-0.4, -0.2) is 12.4 Å². The van der Waals surface area contributed by atoms with Crippen LogP contribution >= 0.6 is 0 Å². The van der Waals surface area contributed by atoms with Crippen LogP contribution in [0.5, 0.6) is 0 Å². The Hall–Kier alpha value is -1.05. The molecule has 9 heavy (non-hydrogen) atoms. The van der Waals surface area contributed by atoms with Gasteiger partial charge in [0.25, 0.3) is 0 Å². The third kappa shape index (κ3) is 0.529. The number of ether oxygens (including phenoxy) is 1. The number of hydrogen-bond donors (Lipinski definition) is 0. The minimum atomic E-state index is -0.0370. The standard InChI is InChI=1S/C7H6O2/c8-6-4-9-7-3-1-2-5(6)7/h1-3,5H,4H2. The minimum absolute atomic E-state index is 0.0370. The van der Waals surface area contributed by atoms with Crippen molar-refractivity contribution in [2.24, 2.45) is 5.92 Å². The summed E-state index contributed by atoms with van der Waals surface area (Å²) in [6.45, 7) is 0.265. The van der Waals surface area contributed by atoms with Crippen molar-refractivity contribution in [3.63, 3.8) is 0 Å². The van der Waals surface area contributed by atoms with E-state index in [4.69, 9.17) is 4.74 Å². The van der Waals surface area contributed by atoms with Gasteiger partial charge in [-0.3, -0.25) is 4.79 Å². The highest BCUT2D eigenvalue weighted by molar-refractivity contribution is 5.89. The van der Waals surface area contributed by atoms with E-state index >= 15 is 0 Å². The number of allylic oxidation sites excluding steroid dienone is 3. The van der Waals surface area contributed by atoms with Gasteiger partial charge in [-0.1, -0.05) is 12.2 Å². The molecule has 2 aliphatic rings. The van der Waals surface area contributed by atoms with E-state index < -0.39 is 0 Å². The van der Waals surface area contributed by atoms with Crippen molar-refractivity contribution in [1.29, 1.82) is 0 Å². The smallest absolute Gasteiger partial charge is 0.184 e. The van der Waals surface area contributed by atoms with Crippen molar-refractivity contribution in [3.05, 3.63) is 24.0 Å². The molecule has 2 rings (SSSR count). The average Bonchev–Trinajstić information content (AvgIpc) is 2.35. The molecule has 1 fully saturated rings. The Balaban J connectivity index is 2.37. The molecule has 1 saturated heterocycles. The van der Waals surface area contributed by atoms with Crippen LogP contribution in [-0.2, 0) is 9.53 Å². The van der Waals surface area contributed by atoms with E-state index in [1.807, 2.05) is 18.2 Å². The summed E-state index contributed by atoms with van der Waals surface area (Å²) in [5, 5.41) is 0. The first-order chi connectivity index (χ1) is 4.38. The molecule has 0 saturated carbocycles. The monoisotopic (exact) mass is 122 g/mol. The molecular weight excluding hydrogens is 116 g/mol. The number of carbonyl (C=O) groups is 1. The SMILES string of the molecule is O=C1COC2=CC=CC12. The predicted octanol–water partition coefficient (Wildman–Crippen LogP) is 0.656. The van der Waals surface area contributed by atoms with E-state index in [1.54, 1.807) is 0 Å². The number of carbonyl (C=O) groups excluding carboxylic acids is 1. The third-order valence-corrected chi connectivity index (χ3v) is 1.60. The van der Waals surface area contributed by atoms with Crippen molar-refractivity contribution in [1.82, 2.24) is 0 Å². The van der Waals surface area contributed by atoms with Crippen LogP contribution in [0, 0.1) is 5.92 Å². The molecule has 2 nitrogen and oxygen atoms in total. The van der Waals surface area contributed by atoms with Crippen molar-refractivity contribution >= 4 is 5.78 Å². The maximum atomic E-state index is 10.8. The fourth-order valence-corrected chi connectivity index (χ4v) is 1.11. The lowest BCUT2D eigenvalue weighted by Crippen LogP contribution is -2.04. The molecule has 0 aromatic heterocycles. The van der Waals surface area contributed by atoms with Gasteiger partial charge >= 0.3 is 0 Å². The van der Waals surface area contributed by atoms with Crippen LogP contribution in [0.2, 0.25) is 0 Å². The van der Waals surface area contributed by atoms with Gasteiger partial charge < -0.3 is 4.74 Å². The van der Waals surface area contributed by atoms with Crippen LogP contribution in [0.3, 0.4) is 0 Å². The van der Waals surface area contributed by atoms with Crippen LogP contribution < -0.4 is 0 Å². The number of rotatable bonds is 0. The van der Waals surface area contributed by atoms with Gasteiger partial charge in [-0.2, -0.15) is 0 Å². The summed E-state index contributed by atoms with van der Waals surface area (Å²) in [7, 11) is 0. The van der Waals surface area contributed by atoms with E-state index in [9.17, 15) is 4.79 Å². The van der Waals surface area contributed by atoms with E-state index in [2.05, 4.69) is 0 Å². The zero-order chi connectivity index (χ0) is 6.27. The Morgan fingerprint density at radius 1 is 1.67 bits per heavy atom. The Bertz CT molecular complexity index is 213. The highest BCUT2D eigenvalue weighted by Crippen LogP contribution is 2.26. The molecule has 0 radical (unpaired) electrons. The zero-order valence-corrected chi connectivity index (χ0v) is 4.83. The summed E-state index contributed by atoms with van der Waals surface area (Å²) in [5.74, 6) is 0.958. The Morgan fingerprint density at radius 3 is 3.33 bits per heavy atom. The van der Waals surface area contributed by atoms with Gasteiger partial charge in [0, 0.05) is 0 Å². The Labute approximate surface area is 52.8 Å². The molecule has 1 aliphatic heterocycles. The van der Waals surface area contributed by atoms with Gasteiger partial charge in [0.05, 0.1) is 5.92 Å². The lowest BCUT2D eigenvalue weighted by molar-refractivity contribution is -0.119. The van der Waals surface area contributed by atoms with Crippen LogP contribution in [0.25, 0.3) is 0 Å². The fraction of sp³-hybridized carbons (Fsp3) is 0.286. The molecule has 1 aliphatic carbocycles.